The van der Waals surface area contributed by atoms with E-state index in [9.17, 15) is 13.2 Å². The van der Waals surface area contributed by atoms with Gasteiger partial charge >= 0.3 is 6.36 Å². The molecule has 0 amide bonds. The molecule has 2 aromatic heterocycles. The zero-order valence-electron chi connectivity index (χ0n) is 18.0. The third kappa shape index (κ3) is 3.97. The molecule has 172 valence electrons. The average Bonchev–Trinajstić information content (AvgIpc) is 3.09. The van der Waals surface area contributed by atoms with Crippen molar-refractivity contribution in [2.24, 2.45) is 5.92 Å². The molecule has 32 heavy (non-hydrogen) atoms. The fourth-order valence-electron chi connectivity index (χ4n) is 4.93. The lowest BCUT2D eigenvalue weighted by Crippen LogP contribution is -2.42. The molecule has 1 aliphatic heterocycles. The topological polar surface area (TPSA) is 78.4 Å². The summed E-state index contributed by atoms with van der Waals surface area (Å²) in [6.45, 7) is 7.59. The monoisotopic (exact) mass is 449 g/mol. The second-order valence-electron chi connectivity index (χ2n) is 8.85. The maximum Gasteiger partial charge on any atom is 0.573 e. The van der Waals surface area contributed by atoms with E-state index in [1.54, 1.807) is 0 Å². The molecule has 10 heteroatoms. The maximum absolute atomic E-state index is 12.7. The zero-order chi connectivity index (χ0) is 22.6. The van der Waals surface area contributed by atoms with Gasteiger partial charge in [-0.3, -0.25) is 9.58 Å². The van der Waals surface area contributed by atoms with E-state index >= 15 is 0 Å². The van der Waals surface area contributed by atoms with Gasteiger partial charge in [0.15, 0.2) is 11.6 Å². The van der Waals surface area contributed by atoms with E-state index in [1.165, 1.54) is 17.8 Å². The van der Waals surface area contributed by atoms with Crippen molar-refractivity contribution < 1.29 is 22.6 Å². The zero-order valence-corrected chi connectivity index (χ0v) is 18.0. The highest BCUT2D eigenvalue weighted by Gasteiger charge is 2.52. The number of ether oxygens (including phenoxy) is 2. The van der Waals surface area contributed by atoms with Gasteiger partial charge in [-0.1, -0.05) is 11.6 Å². The van der Waals surface area contributed by atoms with Crippen molar-refractivity contribution in [1.29, 1.82) is 0 Å². The van der Waals surface area contributed by atoms with Crippen LogP contribution in [0.25, 0.3) is 11.3 Å². The van der Waals surface area contributed by atoms with Crippen LogP contribution >= 0.6 is 0 Å². The van der Waals surface area contributed by atoms with Crippen molar-refractivity contribution in [3.63, 3.8) is 0 Å². The fraction of sp³-hybridized carbons (Fsp3) is 0.545. The number of hydrogen-bond donors (Lipinski definition) is 1. The van der Waals surface area contributed by atoms with Crippen molar-refractivity contribution in [1.82, 2.24) is 19.7 Å². The highest BCUT2D eigenvalue weighted by atomic mass is 19.4. The van der Waals surface area contributed by atoms with Crippen LogP contribution < -0.4 is 10.5 Å². The molecule has 3 atom stereocenters. The molecule has 0 radical (unpaired) electrons. The van der Waals surface area contributed by atoms with Crippen molar-refractivity contribution in [2.75, 3.05) is 32.0 Å². The molecule has 0 aromatic carbocycles. The van der Waals surface area contributed by atoms with Gasteiger partial charge in [-0.05, 0) is 38.3 Å². The van der Waals surface area contributed by atoms with E-state index in [0.29, 0.717) is 29.1 Å². The van der Waals surface area contributed by atoms with Gasteiger partial charge in [-0.2, -0.15) is 5.10 Å². The van der Waals surface area contributed by atoms with Crippen molar-refractivity contribution in [3.05, 3.63) is 35.7 Å². The number of pyridine rings is 1. The molecular weight excluding hydrogens is 423 g/mol. The molecule has 7 nitrogen and oxygen atoms in total. The summed E-state index contributed by atoms with van der Waals surface area (Å²) < 4.78 is 49.5. The number of morpholine rings is 1. The van der Waals surface area contributed by atoms with E-state index in [1.807, 2.05) is 24.6 Å². The number of fused-ring (bicyclic) bond motifs is 1. The molecule has 2 aromatic rings. The number of aromatic nitrogens is 3. The predicted octanol–water partition coefficient (Wildman–Crippen LogP) is 3.75. The third-order valence-corrected chi connectivity index (χ3v) is 6.45. The summed E-state index contributed by atoms with van der Waals surface area (Å²) in [4.78, 5) is 6.36. The van der Waals surface area contributed by atoms with Gasteiger partial charge in [-0.15, -0.1) is 13.2 Å². The Morgan fingerprint density at radius 3 is 2.59 bits per heavy atom. The molecule has 3 aliphatic rings. The normalized spacial score (nSPS) is 25.7. The van der Waals surface area contributed by atoms with Crippen LogP contribution in [0, 0.1) is 5.92 Å². The average molecular weight is 449 g/mol. The number of anilines is 1. The summed E-state index contributed by atoms with van der Waals surface area (Å²) in [5.41, 5.74) is 9.09. The van der Waals surface area contributed by atoms with Crippen molar-refractivity contribution >= 4 is 5.82 Å². The van der Waals surface area contributed by atoms with E-state index < -0.39 is 12.1 Å². The highest BCUT2D eigenvalue weighted by Crippen LogP contribution is 2.60. The third-order valence-electron chi connectivity index (χ3n) is 6.45. The Balaban J connectivity index is 1.41. The summed E-state index contributed by atoms with van der Waals surface area (Å²) in [6.07, 6.45) is 0.0618. The van der Waals surface area contributed by atoms with Crippen LogP contribution in [0.3, 0.4) is 0 Å². The number of nitrogens with zero attached hydrogens (tertiary/aromatic N) is 4. The second-order valence-corrected chi connectivity index (χ2v) is 8.85. The standard InChI is InChI=1S/C22H26F3N5O2/c1-12(2)30-18(20-15-8-14(9-16(15)20)29-3-5-31-6-4-29)10-17(28-30)13-7-19(21(26)27-11-13)32-22(23,24)25/h7-8,10-12,14,16,20H,3-6,9H2,1-2H3,(H2,26,27)/t14-,16-,20+/m1/s1. The first-order valence-electron chi connectivity index (χ1n) is 10.9. The highest BCUT2D eigenvalue weighted by molar-refractivity contribution is 5.65. The Kier molecular flexibility index (Phi) is 5.16. The van der Waals surface area contributed by atoms with E-state index in [-0.39, 0.29) is 11.9 Å². The largest absolute Gasteiger partial charge is 0.573 e. The summed E-state index contributed by atoms with van der Waals surface area (Å²) in [7, 11) is 0. The fourth-order valence-corrected chi connectivity index (χ4v) is 4.93. The van der Waals surface area contributed by atoms with Crippen molar-refractivity contribution in [2.45, 2.75) is 44.6 Å². The molecule has 3 heterocycles. The van der Waals surface area contributed by atoms with Crippen LogP contribution in [-0.4, -0.2) is 58.4 Å². The summed E-state index contributed by atoms with van der Waals surface area (Å²) >= 11 is 0. The van der Waals surface area contributed by atoms with Gasteiger partial charge in [0.25, 0.3) is 0 Å². The Labute approximate surface area is 184 Å². The molecule has 2 fully saturated rings. The molecule has 5 rings (SSSR count). The first-order chi connectivity index (χ1) is 15.2. The Morgan fingerprint density at radius 1 is 1.22 bits per heavy atom. The minimum Gasteiger partial charge on any atom is -0.402 e. The number of halogens is 3. The van der Waals surface area contributed by atoms with Crippen LogP contribution in [-0.2, 0) is 4.74 Å². The van der Waals surface area contributed by atoms with Gasteiger partial charge < -0.3 is 15.2 Å². The smallest absolute Gasteiger partial charge is 0.402 e. The van der Waals surface area contributed by atoms with E-state index in [2.05, 4.69) is 25.8 Å². The molecule has 2 aliphatic carbocycles. The lowest BCUT2D eigenvalue weighted by molar-refractivity contribution is -0.274. The summed E-state index contributed by atoms with van der Waals surface area (Å²) in [6, 6.07) is 3.78. The Bertz CT molecular complexity index is 1040. The van der Waals surface area contributed by atoms with E-state index in [0.717, 1.165) is 38.4 Å². The van der Waals surface area contributed by atoms with Gasteiger partial charge in [0.05, 0.1) is 18.9 Å². The van der Waals surface area contributed by atoms with E-state index in [4.69, 9.17) is 10.5 Å². The molecule has 1 saturated heterocycles. The van der Waals surface area contributed by atoms with Crippen molar-refractivity contribution in [3.8, 4) is 17.0 Å². The Hall–Kier alpha value is -2.59. The number of nitrogen functional groups attached to an aromatic ring is 1. The first kappa shape index (κ1) is 21.3. The molecule has 0 bridgehead atoms. The van der Waals surface area contributed by atoms with Gasteiger partial charge in [0.2, 0.25) is 0 Å². The summed E-state index contributed by atoms with van der Waals surface area (Å²) in [5, 5.41) is 4.69. The van der Waals surface area contributed by atoms with Gasteiger partial charge in [0, 0.05) is 48.5 Å². The second kappa shape index (κ2) is 7.77. The number of rotatable bonds is 5. The first-order valence-corrected chi connectivity index (χ1v) is 10.9. The van der Waals surface area contributed by atoms with Crippen LogP contribution in [0.2, 0.25) is 0 Å². The SMILES string of the molecule is CC(C)n1nc(-c2cnc(N)c(OC(F)(F)F)c2)cc1[C@H]1C2=C[C@@H](N3CCOCC3)C[C@H]21. The number of alkyl halides is 3. The van der Waals surface area contributed by atoms with Crippen LogP contribution in [0.4, 0.5) is 19.0 Å². The molecule has 0 unspecified atom stereocenters. The van der Waals surface area contributed by atoms with Crippen LogP contribution in [0.15, 0.2) is 30.0 Å². The quantitative estimate of drug-likeness (QED) is 0.701. The minimum atomic E-state index is -4.84. The predicted molar refractivity (Wildman–Crippen MR) is 112 cm³/mol. The molecule has 0 spiro atoms. The lowest BCUT2D eigenvalue weighted by Gasteiger charge is -2.32. The number of hydrogen-bond acceptors (Lipinski definition) is 6. The van der Waals surface area contributed by atoms with Crippen LogP contribution in [0.5, 0.6) is 5.75 Å². The summed E-state index contributed by atoms with van der Waals surface area (Å²) in [5.74, 6) is -0.0252. The van der Waals surface area contributed by atoms with Gasteiger partial charge in [-0.25, -0.2) is 4.98 Å². The molecular formula is C22H26F3N5O2. The number of nitrogens with two attached hydrogens (primary N) is 1. The lowest BCUT2D eigenvalue weighted by atomic mass is 10.1. The molecule has 2 N–H and O–H groups in total. The Morgan fingerprint density at radius 2 is 1.97 bits per heavy atom. The number of allylic oxidation sites excluding steroid dienone is 1. The maximum atomic E-state index is 12.7. The minimum absolute atomic E-state index is 0.114. The molecule has 1 saturated carbocycles. The van der Waals surface area contributed by atoms with Gasteiger partial charge in [0.1, 0.15) is 0 Å². The van der Waals surface area contributed by atoms with Crippen LogP contribution in [0.1, 0.15) is 37.9 Å².